The lowest BCUT2D eigenvalue weighted by Gasteiger charge is -2.36. The van der Waals surface area contributed by atoms with Gasteiger partial charge in [-0.1, -0.05) is 28.1 Å². The Morgan fingerprint density at radius 1 is 1.25 bits per heavy atom. The molecule has 1 aromatic carbocycles. The first-order valence-electron chi connectivity index (χ1n) is 7.18. The van der Waals surface area contributed by atoms with Crippen LogP contribution in [0, 0.1) is 0 Å². The van der Waals surface area contributed by atoms with E-state index in [1.54, 1.807) is 0 Å². The summed E-state index contributed by atoms with van der Waals surface area (Å²) in [6, 6.07) is 9.70. The van der Waals surface area contributed by atoms with Crippen molar-refractivity contribution in [3.8, 4) is 0 Å². The molecule has 3 nitrogen and oxygen atoms in total. The van der Waals surface area contributed by atoms with E-state index in [2.05, 4.69) is 70.7 Å². The van der Waals surface area contributed by atoms with E-state index >= 15 is 0 Å². The Hall–Kier alpha value is -1.29. The fourth-order valence-electron chi connectivity index (χ4n) is 2.67. The van der Waals surface area contributed by atoms with Gasteiger partial charge in [0.05, 0.1) is 11.9 Å². The third kappa shape index (κ3) is 2.90. The number of hydrogen-bond donors (Lipinski definition) is 1. The van der Waals surface area contributed by atoms with Crippen LogP contribution in [0.2, 0.25) is 0 Å². The van der Waals surface area contributed by atoms with Gasteiger partial charge in [0.15, 0.2) is 0 Å². The predicted octanol–water partition coefficient (Wildman–Crippen LogP) is 4.58. The van der Waals surface area contributed by atoms with Crippen LogP contribution in [0.4, 0.5) is 5.69 Å². The second-order valence-electron chi connectivity index (χ2n) is 5.86. The summed E-state index contributed by atoms with van der Waals surface area (Å²) < 4.78 is 3.14. The second kappa shape index (κ2) is 5.60. The van der Waals surface area contributed by atoms with Crippen LogP contribution < -0.4 is 5.32 Å². The highest BCUT2D eigenvalue weighted by Gasteiger charge is 2.30. The van der Waals surface area contributed by atoms with Crippen molar-refractivity contribution in [2.45, 2.75) is 44.7 Å². The fourth-order valence-corrected chi connectivity index (χ4v) is 2.94. The maximum Gasteiger partial charge on any atom is 0.0728 e. The van der Waals surface area contributed by atoms with Gasteiger partial charge in [-0.15, -0.1) is 0 Å². The topological polar surface area (TPSA) is 29.9 Å². The molecule has 1 saturated carbocycles. The van der Waals surface area contributed by atoms with Crippen molar-refractivity contribution < 1.29 is 0 Å². The van der Waals surface area contributed by atoms with Crippen molar-refractivity contribution in [3.05, 3.63) is 46.7 Å². The van der Waals surface area contributed by atoms with Crippen LogP contribution in [0.25, 0.3) is 0 Å². The second-order valence-corrected chi connectivity index (χ2v) is 6.78. The zero-order chi connectivity index (χ0) is 14.1. The molecule has 106 valence electrons. The molecule has 0 radical (unpaired) electrons. The van der Waals surface area contributed by atoms with Gasteiger partial charge in [-0.2, -0.15) is 5.10 Å². The number of nitrogens with one attached hydrogen (secondary N) is 1. The number of hydrogen-bond acceptors (Lipinski definition) is 2. The molecule has 1 aliphatic carbocycles. The van der Waals surface area contributed by atoms with Gasteiger partial charge in [0, 0.05) is 22.8 Å². The molecule has 0 amide bonds. The number of rotatable bonds is 4. The smallest absolute Gasteiger partial charge is 0.0728 e. The van der Waals surface area contributed by atoms with Gasteiger partial charge in [0.2, 0.25) is 0 Å². The summed E-state index contributed by atoms with van der Waals surface area (Å²) in [6.45, 7) is 4.29. The summed E-state index contributed by atoms with van der Waals surface area (Å²) in [6.07, 6.45) is 6.42. The Morgan fingerprint density at radius 3 is 2.55 bits per heavy atom. The third-order valence-corrected chi connectivity index (χ3v) is 4.51. The number of halogens is 1. The van der Waals surface area contributed by atoms with Gasteiger partial charge in [-0.05, 0) is 50.3 Å². The summed E-state index contributed by atoms with van der Waals surface area (Å²) >= 11 is 3.48. The van der Waals surface area contributed by atoms with E-state index < -0.39 is 0 Å². The minimum atomic E-state index is 0.419. The van der Waals surface area contributed by atoms with Crippen LogP contribution in [0.15, 0.2) is 41.1 Å². The maximum absolute atomic E-state index is 4.36. The summed E-state index contributed by atoms with van der Waals surface area (Å²) in [5, 5.41) is 7.94. The predicted molar refractivity (Wildman–Crippen MR) is 86.1 cm³/mol. The van der Waals surface area contributed by atoms with Crippen LogP contribution in [-0.2, 0) is 0 Å². The molecule has 0 atom stereocenters. The lowest BCUT2D eigenvalue weighted by atomic mass is 9.76. The highest BCUT2D eigenvalue weighted by molar-refractivity contribution is 9.10. The molecule has 0 bridgehead atoms. The lowest BCUT2D eigenvalue weighted by Crippen LogP contribution is -2.33. The van der Waals surface area contributed by atoms with Gasteiger partial charge in [0.1, 0.15) is 0 Å². The number of anilines is 1. The normalized spacial score (nSPS) is 21.8. The van der Waals surface area contributed by atoms with E-state index in [0.29, 0.717) is 18.0 Å². The summed E-state index contributed by atoms with van der Waals surface area (Å²) in [7, 11) is 0. The van der Waals surface area contributed by atoms with Crippen molar-refractivity contribution in [1.29, 1.82) is 0 Å². The molecular formula is C16H20BrN3. The Morgan fingerprint density at radius 2 is 1.95 bits per heavy atom. The molecule has 3 rings (SSSR count). The Labute approximate surface area is 128 Å². The summed E-state index contributed by atoms with van der Waals surface area (Å²) in [4.78, 5) is 0. The van der Waals surface area contributed by atoms with Crippen molar-refractivity contribution in [3.63, 3.8) is 0 Å². The molecule has 1 fully saturated rings. The fraction of sp³-hybridized carbons (Fsp3) is 0.438. The molecule has 1 N–H and O–H groups in total. The van der Waals surface area contributed by atoms with Gasteiger partial charge < -0.3 is 5.32 Å². The molecular weight excluding hydrogens is 314 g/mol. The molecule has 2 aromatic rings. The minimum Gasteiger partial charge on any atom is -0.380 e. The van der Waals surface area contributed by atoms with Crippen molar-refractivity contribution >= 4 is 21.6 Å². The van der Waals surface area contributed by atoms with E-state index in [1.807, 2.05) is 10.9 Å². The van der Waals surface area contributed by atoms with Crippen LogP contribution in [0.1, 0.15) is 44.2 Å². The largest absolute Gasteiger partial charge is 0.380 e. The van der Waals surface area contributed by atoms with Crippen LogP contribution in [0.5, 0.6) is 0 Å². The van der Waals surface area contributed by atoms with Crippen LogP contribution in [0.3, 0.4) is 0 Å². The standard InChI is InChI=1S/C16H20BrN3/c1-11(2)20-10-16(9-18-20)19-15-7-13(8-15)12-3-5-14(17)6-4-12/h3-6,9-11,13,15,19H,7-8H2,1-2H3. The molecule has 1 aliphatic rings. The first-order valence-corrected chi connectivity index (χ1v) is 7.97. The van der Waals surface area contributed by atoms with Crippen molar-refractivity contribution in [1.82, 2.24) is 9.78 Å². The Bertz CT molecular complexity index is 568. The average Bonchev–Trinajstić information content (AvgIpc) is 2.83. The van der Waals surface area contributed by atoms with Crippen molar-refractivity contribution in [2.24, 2.45) is 0 Å². The van der Waals surface area contributed by atoms with E-state index in [0.717, 1.165) is 10.2 Å². The van der Waals surface area contributed by atoms with E-state index in [4.69, 9.17) is 0 Å². The SMILES string of the molecule is CC(C)n1cc(NC2CC(c3ccc(Br)cc3)C2)cn1. The number of aromatic nitrogens is 2. The lowest BCUT2D eigenvalue weighted by molar-refractivity contribution is 0.374. The number of nitrogens with zero attached hydrogens (tertiary/aromatic N) is 2. The van der Waals surface area contributed by atoms with Crippen LogP contribution >= 0.6 is 15.9 Å². The monoisotopic (exact) mass is 333 g/mol. The average molecular weight is 334 g/mol. The Kier molecular flexibility index (Phi) is 3.83. The maximum atomic E-state index is 4.36. The van der Waals surface area contributed by atoms with Crippen molar-refractivity contribution in [2.75, 3.05) is 5.32 Å². The zero-order valence-electron chi connectivity index (χ0n) is 11.9. The first-order chi connectivity index (χ1) is 9.61. The highest BCUT2D eigenvalue weighted by atomic mass is 79.9. The van der Waals surface area contributed by atoms with Gasteiger partial charge >= 0.3 is 0 Å². The molecule has 4 heteroatoms. The minimum absolute atomic E-state index is 0.419. The Balaban J connectivity index is 1.54. The third-order valence-electron chi connectivity index (χ3n) is 3.98. The highest BCUT2D eigenvalue weighted by Crippen LogP contribution is 2.38. The molecule has 20 heavy (non-hydrogen) atoms. The zero-order valence-corrected chi connectivity index (χ0v) is 13.5. The quantitative estimate of drug-likeness (QED) is 0.887. The van der Waals surface area contributed by atoms with Gasteiger partial charge in [-0.3, -0.25) is 4.68 Å². The molecule has 0 unspecified atom stereocenters. The van der Waals surface area contributed by atoms with Gasteiger partial charge in [0.25, 0.3) is 0 Å². The molecule has 0 saturated heterocycles. The summed E-state index contributed by atoms with van der Waals surface area (Å²) in [5.74, 6) is 0.695. The molecule has 1 heterocycles. The molecule has 1 aromatic heterocycles. The first kappa shape index (κ1) is 13.7. The van der Waals surface area contributed by atoms with E-state index in [9.17, 15) is 0 Å². The van der Waals surface area contributed by atoms with E-state index in [1.165, 1.54) is 18.4 Å². The summed E-state index contributed by atoms with van der Waals surface area (Å²) in [5.41, 5.74) is 2.59. The van der Waals surface area contributed by atoms with E-state index in [-0.39, 0.29) is 0 Å². The van der Waals surface area contributed by atoms with Crippen LogP contribution in [-0.4, -0.2) is 15.8 Å². The van der Waals surface area contributed by atoms with Gasteiger partial charge in [-0.25, -0.2) is 0 Å². The number of benzene rings is 1. The molecule has 0 aliphatic heterocycles. The molecule has 0 spiro atoms.